The van der Waals surface area contributed by atoms with E-state index in [1.165, 1.54) is 0 Å². The lowest BCUT2D eigenvalue weighted by molar-refractivity contribution is -0.476. The van der Waals surface area contributed by atoms with Gasteiger partial charge in [0.2, 0.25) is 0 Å². The maximum Gasteiger partial charge on any atom is 0.385 e. The second-order valence-corrected chi connectivity index (χ2v) is 8.58. The van der Waals surface area contributed by atoms with E-state index in [1.54, 1.807) is 0 Å². The second kappa shape index (κ2) is 10.7. The molecule has 0 spiro atoms. The van der Waals surface area contributed by atoms with Crippen molar-refractivity contribution in [2.45, 2.75) is 84.1 Å². The Kier molecular flexibility index (Phi) is 9.73. The van der Waals surface area contributed by atoms with Crippen molar-refractivity contribution >= 4 is 0 Å². The molecule has 0 N–H and O–H groups in total. The molecule has 0 aliphatic carbocycles. The summed E-state index contributed by atoms with van der Waals surface area (Å²) in [6.07, 6.45) is -9.98. The topological polar surface area (TPSA) is 21.8 Å². The van der Waals surface area contributed by atoms with Crippen LogP contribution in [0.3, 0.4) is 0 Å². The Morgan fingerprint density at radius 1 is 0.488 bits per heavy atom. The smallest absolute Gasteiger partial charge is 0.378 e. The van der Waals surface area contributed by atoms with E-state index in [0.717, 1.165) is 0 Å². The fraction of sp³-hybridized carbons (Fsp3) is 1.00. The van der Waals surface area contributed by atoms with Gasteiger partial charge in [0.1, 0.15) is 6.10 Å². The van der Waals surface area contributed by atoms with Gasteiger partial charge in [0.25, 0.3) is 0 Å². The summed E-state index contributed by atoms with van der Waals surface area (Å²) in [5.41, 5.74) is 0. The summed E-state index contributed by atoms with van der Waals surface area (Å²) < 4.78 is 330. The normalized spacial score (nSPS) is 19.3. The number of halogens is 24. The predicted molar refractivity (Wildman–Crippen MR) is 85.6 cm³/mol. The Morgan fingerprint density at radius 3 is 1.05 bits per heavy atom. The van der Waals surface area contributed by atoms with Crippen molar-refractivity contribution in [1.82, 2.24) is 0 Å². The third-order valence-electron chi connectivity index (χ3n) is 5.57. The summed E-state index contributed by atoms with van der Waals surface area (Å²) in [6, 6.07) is 0. The maximum atomic E-state index is 13.8. The maximum absolute atomic E-state index is 13.8. The van der Waals surface area contributed by atoms with Crippen LogP contribution in [-0.4, -0.2) is 97.5 Å². The molecule has 1 unspecified atom stereocenters. The number of rotatable bonds is 16. The molecule has 1 rings (SSSR count). The lowest BCUT2D eigenvalue weighted by Gasteiger charge is -2.45. The molecule has 1 aliphatic heterocycles. The molecule has 2 nitrogen and oxygen atoms in total. The molecule has 0 saturated carbocycles. The predicted octanol–water partition coefficient (Wildman–Crippen LogP) is 8.05. The van der Waals surface area contributed by atoms with E-state index < -0.39 is 97.3 Å². The largest absolute Gasteiger partial charge is 0.385 e. The van der Waals surface area contributed by atoms with Crippen LogP contribution in [0, 0.1) is 0 Å². The molecule has 0 bridgehead atoms. The lowest BCUT2D eigenvalue weighted by Crippen LogP contribution is -2.78. The fourth-order valence-electron chi connectivity index (χ4n) is 2.69. The first-order valence-corrected chi connectivity index (χ1v) is 10.2. The van der Waals surface area contributed by atoms with E-state index in [9.17, 15) is 105 Å². The van der Waals surface area contributed by atoms with Crippen molar-refractivity contribution in [3.63, 3.8) is 0 Å². The Labute approximate surface area is 220 Å². The van der Waals surface area contributed by atoms with Crippen molar-refractivity contribution in [1.29, 1.82) is 0 Å². The van der Waals surface area contributed by atoms with Crippen LogP contribution < -0.4 is 0 Å². The molecule has 1 fully saturated rings. The standard InChI is InChI=1S/C17H10F24O2/c18-6(19)8(22,23)10(26,27)12(30,31)14(34,35)16(38,39)17(40,41)15(36,37)13(32,33)11(28,29)9(24,25)7(20,21)1-2-42-3-5-4-43-5/h5-6H,1-4H2. The van der Waals surface area contributed by atoms with Gasteiger partial charge in [-0.2, -0.15) is 96.6 Å². The molecule has 1 saturated heterocycles. The highest BCUT2D eigenvalue weighted by atomic mass is 19.4. The van der Waals surface area contributed by atoms with Gasteiger partial charge in [0.15, 0.2) is 0 Å². The van der Waals surface area contributed by atoms with Crippen molar-refractivity contribution < 1.29 is 115 Å². The third kappa shape index (κ3) is 5.31. The van der Waals surface area contributed by atoms with E-state index in [-0.39, 0.29) is 6.61 Å². The zero-order valence-corrected chi connectivity index (χ0v) is 19.4. The van der Waals surface area contributed by atoms with Gasteiger partial charge in [-0.05, 0) is 0 Å². The number of hydrogen-bond donors (Lipinski definition) is 0. The average Bonchev–Trinajstić information content (AvgIpc) is 3.64. The van der Waals surface area contributed by atoms with Gasteiger partial charge in [-0.25, -0.2) is 8.78 Å². The molecule has 0 amide bonds. The molecule has 1 aliphatic rings. The van der Waals surface area contributed by atoms with Crippen LogP contribution in [-0.2, 0) is 9.47 Å². The van der Waals surface area contributed by atoms with Gasteiger partial charge in [0.05, 0.1) is 19.8 Å². The van der Waals surface area contributed by atoms with Crippen LogP contribution >= 0.6 is 0 Å². The lowest BCUT2D eigenvalue weighted by atomic mass is 9.84. The van der Waals surface area contributed by atoms with Gasteiger partial charge in [-0.3, -0.25) is 0 Å². The van der Waals surface area contributed by atoms with Crippen LogP contribution in [0.4, 0.5) is 105 Å². The Hall–Kier alpha value is -1.76. The van der Waals surface area contributed by atoms with Gasteiger partial charge in [0, 0.05) is 6.42 Å². The molecule has 0 aromatic carbocycles. The zero-order valence-electron chi connectivity index (χ0n) is 19.4. The van der Waals surface area contributed by atoms with E-state index in [4.69, 9.17) is 0 Å². The monoisotopic (exact) mass is 702 g/mol. The highest BCUT2D eigenvalue weighted by Crippen LogP contribution is 2.67. The SMILES string of the molecule is FC(F)C(F)(F)C(F)(F)C(F)(F)C(F)(F)C(F)(F)C(F)(F)C(F)(F)C(F)(F)C(F)(F)C(F)(F)C(F)(F)CCOCC1CO1. The fourth-order valence-corrected chi connectivity index (χ4v) is 2.69. The van der Waals surface area contributed by atoms with Gasteiger partial charge in [-0.1, -0.05) is 0 Å². The number of alkyl halides is 24. The van der Waals surface area contributed by atoms with Crippen molar-refractivity contribution in [3.05, 3.63) is 0 Å². The summed E-state index contributed by atoms with van der Waals surface area (Å²) in [5, 5.41) is 0. The first kappa shape index (κ1) is 39.3. The first-order chi connectivity index (χ1) is 18.5. The molecule has 258 valence electrons. The molecular weight excluding hydrogens is 692 g/mol. The Bertz CT molecular complexity index is 982. The summed E-state index contributed by atoms with van der Waals surface area (Å²) in [7, 11) is 0. The summed E-state index contributed by atoms with van der Waals surface area (Å²) in [4.78, 5) is 0. The molecule has 0 radical (unpaired) electrons. The van der Waals surface area contributed by atoms with Crippen LogP contribution in [0.1, 0.15) is 6.42 Å². The third-order valence-corrected chi connectivity index (χ3v) is 5.57. The van der Waals surface area contributed by atoms with Gasteiger partial charge in [-0.15, -0.1) is 0 Å². The molecule has 0 aromatic heterocycles. The minimum Gasteiger partial charge on any atom is -0.378 e. The Morgan fingerprint density at radius 2 is 0.767 bits per heavy atom. The molecular formula is C17H10F24O2. The molecule has 43 heavy (non-hydrogen) atoms. The van der Waals surface area contributed by atoms with E-state index in [0.29, 0.717) is 0 Å². The van der Waals surface area contributed by atoms with E-state index in [2.05, 4.69) is 9.47 Å². The quantitative estimate of drug-likeness (QED) is 0.0924. The van der Waals surface area contributed by atoms with Crippen LogP contribution in [0.15, 0.2) is 0 Å². The number of ether oxygens (including phenoxy) is 2. The molecule has 26 heteroatoms. The molecule has 1 atom stereocenters. The van der Waals surface area contributed by atoms with Crippen LogP contribution in [0.2, 0.25) is 0 Å². The Balaban J connectivity index is 3.64. The van der Waals surface area contributed by atoms with E-state index >= 15 is 0 Å². The van der Waals surface area contributed by atoms with Crippen molar-refractivity contribution in [2.75, 3.05) is 19.8 Å². The highest BCUT2D eigenvalue weighted by molar-refractivity contribution is 5.19. The average molecular weight is 702 g/mol. The first-order valence-electron chi connectivity index (χ1n) is 10.2. The van der Waals surface area contributed by atoms with Gasteiger partial charge >= 0.3 is 71.6 Å². The second-order valence-electron chi connectivity index (χ2n) is 8.58. The van der Waals surface area contributed by atoms with Crippen LogP contribution in [0.5, 0.6) is 0 Å². The zero-order chi connectivity index (χ0) is 34.9. The molecule has 0 aromatic rings. The number of epoxide rings is 1. The summed E-state index contributed by atoms with van der Waals surface area (Å²) in [5.74, 6) is -96.0. The van der Waals surface area contributed by atoms with Crippen LogP contribution in [0.25, 0.3) is 0 Å². The minimum absolute atomic E-state index is 0.123. The summed E-state index contributed by atoms with van der Waals surface area (Å²) in [6.45, 7) is -2.72. The minimum atomic E-state index is -9.46. The summed E-state index contributed by atoms with van der Waals surface area (Å²) >= 11 is 0. The van der Waals surface area contributed by atoms with Gasteiger partial charge < -0.3 is 9.47 Å². The van der Waals surface area contributed by atoms with Crippen molar-refractivity contribution in [2.24, 2.45) is 0 Å². The van der Waals surface area contributed by atoms with Crippen molar-refractivity contribution in [3.8, 4) is 0 Å². The van der Waals surface area contributed by atoms with E-state index in [1.807, 2.05) is 0 Å². The molecule has 1 heterocycles. The highest BCUT2D eigenvalue weighted by Gasteiger charge is 2.98. The number of hydrogen-bond acceptors (Lipinski definition) is 2.